The molecule has 7 nitrogen and oxygen atoms in total. The highest BCUT2D eigenvalue weighted by molar-refractivity contribution is 7.90. The summed E-state index contributed by atoms with van der Waals surface area (Å²) in [5.74, 6) is -0.234. The Balaban J connectivity index is 1.30. The monoisotopic (exact) mass is 539 g/mol. The molecule has 0 bridgehead atoms. The topological polar surface area (TPSA) is 96.4 Å². The highest BCUT2D eigenvalue weighted by Crippen LogP contribution is 2.63. The zero-order valence-electron chi connectivity index (χ0n) is 22.0. The Morgan fingerprint density at radius 2 is 2.00 bits per heavy atom. The van der Waals surface area contributed by atoms with E-state index >= 15 is 0 Å². The van der Waals surface area contributed by atoms with Crippen LogP contribution in [0, 0.1) is 23.1 Å². The summed E-state index contributed by atoms with van der Waals surface area (Å²) in [4.78, 5) is 29.4. The number of halogens is 1. The molecule has 1 N–H and O–H groups in total. The van der Waals surface area contributed by atoms with Crippen LogP contribution in [0.3, 0.4) is 0 Å². The molecule has 1 aromatic heterocycles. The molecule has 0 spiro atoms. The summed E-state index contributed by atoms with van der Waals surface area (Å²) in [6.07, 6.45) is 10.2. The van der Waals surface area contributed by atoms with E-state index in [1.807, 2.05) is 10.8 Å². The number of hydrogen-bond acceptors (Lipinski definition) is 5. The molecule has 1 fully saturated rings. The summed E-state index contributed by atoms with van der Waals surface area (Å²) in [7, 11) is -2.18. The van der Waals surface area contributed by atoms with Gasteiger partial charge in [0.05, 0.1) is 11.9 Å². The van der Waals surface area contributed by atoms with Crippen LogP contribution in [0.15, 0.2) is 42.7 Å². The molecular formula is C29H34FN3O4S. The lowest BCUT2D eigenvalue weighted by Gasteiger charge is -2.50. The number of carbonyl (C=O) groups is 2. The van der Waals surface area contributed by atoms with Gasteiger partial charge in [0.25, 0.3) is 0 Å². The maximum Gasteiger partial charge on any atom is 0.235 e. The summed E-state index contributed by atoms with van der Waals surface area (Å²) in [6, 6.07) is 7.76. The van der Waals surface area contributed by atoms with Crippen molar-refractivity contribution in [3.05, 3.63) is 65.2 Å². The molecule has 0 saturated heterocycles. The van der Waals surface area contributed by atoms with Crippen molar-refractivity contribution in [1.82, 2.24) is 9.71 Å². The molecule has 5 rings (SSSR count). The molecule has 1 heterocycles. The molecule has 9 heteroatoms. The number of hydrogen-bond donors (Lipinski definition) is 1. The van der Waals surface area contributed by atoms with Crippen LogP contribution in [-0.2, 0) is 26.0 Å². The van der Waals surface area contributed by atoms with Gasteiger partial charge in [0.15, 0.2) is 0 Å². The van der Waals surface area contributed by atoms with Crippen LogP contribution in [0.5, 0.6) is 0 Å². The van der Waals surface area contributed by atoms with Crippen molar-refractivity contribution in [2.45, 2.75) is 58.3 Å². The smallest absolute Gasteiger partial charge is 0.235 e. The molecule has 2 unspecified atom stereocenters. The molecule has 0 radical (unpaired) electrons. The zero-order valence-corrected chi connectivity index (χ0v) is 22.9. The average Bonchev–Trinajstić information content (AvgIpc) is 3.23. The molecule has 0 aliphatic heterocycles. The molecule has 1 aromatic carbocycles. The van der Waals surface area contributed by atoms with Crippen LogP contribution in [0.25, 0.3) is 5.57 Å². The van der Waals surface area contributed by atoms with E-state index in [0.29, 0.717) is 17.8 Å². The Bertz CT molecular complexity index is 1420. The first kappa shape index (κ1) is 26.5. The molecule has 38 heavy (non-hydrogen) atoms. The van der Waals surface area contributed by atoms with Gasteiger partial charge in [-0.05, 0) is 95.7 Å². The van der Waals surface area contributed by atoms with Crippen LogP contribution in [0.1, 0.15) is 68.6 Å². The van der Waals surface area contributed by atoms with Crippen molar-refractivity contribution in [2.75, 3.05) is 17.7 Å². The Morgan fingerprint density at radius 3 is 2.74 bits per heavy atom. The maximum absolute atomic E-state index is 13.9. The van der Waals surface area contributed by atoms with Crippen LogP contribution < -0.4 is 9.62 Å². The third kappa shape index (κ3) is 4.88. The number of amides is 2. The van der Waals surface area contributed by atoms with Crippen LogP contribution in [-0.4, -0.2) is 38.0 Å². The van der Waals surface area contributed by atoms with Gasteiger partial charge < -0.3 is 4.90 Å². The van der Waals surface area contributed by atoms with Crippen molar-refractivity contribution < 1.29 is 22.4 Å². The van der Waals surface area contributed by atoms with Crippen LogP contribution in [0.4, 0.5) is 10.1 Å². The number of allylic oxidation sites excluding steroid dienone is 2. The third-order valence-corrected chi connectivity index (χ3v) is 10.3. The fourth-order valence-corrected chi connectivity index (χ4v) is 8.14. The Labute approximate surface area is 223 Å². The van der Waals surface area contributed by atoms with Crippen molar-refractivity contribution in [3.63, 3.8) is 0 Å². The Hall–Kier alpha value is -3.07. The molecule has 4 atom stereocenters. The SMILES string of the molecule is CC(=O)NS(=O)(=O)CCC(=O)N(C)c1ccc2c(c1)CC[C@@H]1C2CC[C@]2(C)C(c3cncc(F)c3)=CCC12. The fourth-order valence-electron chi connectivity index (χ4n) is 7.15. The molecular weight excluding hydrogens is 505 g/mol. The molecule has 1 saturated carbocycles. The summed E-state index contributed by atoms with van der Waals surface area (Å²) in [5.41, 5.74) is 5.48. The third-order valence-electron chi connectivity index (χ3n) is 8.95. The van der Waals surface area contributed by atoms with E-state index in [2.05, 4.69) is 30.1 Å². The van der Waals surface area contributed by atoms with Gasteiger partial charge in [-0.1, -0.05) is 19.1 Å². The first-order valence-electron chi connectivity index (χ1n) is 13.2. The summed E-state index contributed by atoms with van der Waals surface area (Å²) in [5, 5.41) is 0. The molecule has 2 aromatic rings. The fraction of sp³-hybridized carbons (Fsp3) is 0.483. The molecule has 3 aliphatic rings. The number of carbonyl (C=O) groups excluding carboxylic acids is 2. The summed E-state index contributed by atoms with van der Waals surface area (Å²) in [6.45, 7) is 3.46. The number of rotatable bonds is 6. The van der Waals surface area contributed by atoms with E-state index in [0.717, 1.165) is 50.3 Å². The second-order valence-electron chi connectivity index (χ2n) is 11.2. The maximum atomic E-state index is 13.9. The van der Waals surface area contributed by atoms with E-state index in [9.17, 15) is 22.4 Å². The van der Waals surface area contributed by atoms with Crippen LogP contribution >= 0.6 is 0 Å². The van der Waals surface area contributed by atoms with Crippen molar-refractivity contribution in [1.29, 1.82) is 0 Å². The zero-order chi connectivity index (χ0) is 27.2. The minimum absolute atomic E-state index is 0.0122. The molecule has 202 valence electrons. The molecule has 2 amide bonds. The van der Waals surface area contributed by atoms with Gasteiger partial charge in [0.2, 0.25) is 21.8 Å². The number of aryl methyl sites for hydroxylation is 1. The number of anilines is 1. The number of benzene rings is 1. The quantitative estimate of drug-likeness (QED) is 0.579. The normalized spacial score (nSPS) is 26.0. The van der Waals surface area contributed by atoms with Crippen LogP contribution in [0.2, 0.25) is 0 Å². The number of aromatic nitrogens is 1. The van der Waals surface area contributed by atoms with Gasteiger partial charge in [-0.25, -0.2) is 12.8 Å². The number of fused-ring (bicyclic) bond motifs is 5. The van der Waals surface area contributed by atoms with Gasteiger partial charge in [-0.2, -0.15) is 0 Å². The lowest BCUT2D eigenvalue weighted by molar-refractivity contribution is -0.118. The van der Waals surface area contributed by atoms with Crippen molar-refractivity contribution in [3.8, 4) is 0 Å². The molecule has 3 aliphatic carbocycles. The Morgan fingerprint density at radius 1 is 1.21 bits per heavy atom. The highest BCUT2D eigenvalue weighted by atomic mass is 32.2. The van der Waals surface area contributed by atoms with Gasteiger partial charge in [0.1, 0.15) is 5.82 Å². The standard InChI is InChI=1S/C29H34FN3O4S/c1-18(34)32-38(36,37)13-11-28(35)33(3)22-5-7-23-19(15-22)4-6-25-24(23)10-12-29(2)26(8-9-27(25)29)20-14-21(30)17-31-16-20/h5,7-8,14-17,24-25,27H,4,6,9-13H2,1-3H3,(H,32,34)/t24?,25-,27?,29-/m1/s1. The van der Waals surface area contributed by atoms with Gasteiger partial charge in [-0.3, -0.25) is 19.3 Å². The Kier molecular flexibility index (Phi) is 6.92. The second-order valence-corrected chi connectivity index (χ2v) is 13.0. The highest BCUT2D eigenvalue weighted by Gasteiger charge is 2.52. The number of sulfonamides is 1. The minimum Gasteiger partial charge on any atom is -0.315 e. The predicted molar refractivity (Wildman–Crippen MR) is 144 cm³/mol. The predicted octanol–water partition coefficient (Wildman–Crippen LogP) is 4.59. The first-order valence-corrected chi connectivity index (χ1v) is 14.9. The van der Waals surface area contributed by atoms with Gasteiger partial charge >= 0.3 is 0 Å². The number of pyridine rings is 1. The number of nitrogens with one attached hydrogen (secondary N) is 1. The van der Waals surface area contributed by atoms with E-state index < -0.39 is 21.7 Å². The van der Waals surface area contributed by atoms with Crippen molar-refractivity contribution in [2.24, 2.45) is 17.3 Å². The average molecular weight is 540 g/mol. The van der Waals surface area contributed by atoms with Crippen molar-refractivity contribution >= 4 is 33.1 Å². The number of nitrogens with zero attached hydrogens (tertiary/aromatic N) is 2. The lowest BCUT2D eigenvalue weighted by atomic mass is 9.54. The van der Waals surface area contributed by atoms with Gasteiger partial charge in [-0.15, -0.1) is 0 Å². The lowest BCUT2D eigenvalue weighted by Crippen LogP contribution is -2.41. The van der Waals surface area contributed by atoms with Gasteiger partial charge in [0, 0.05) is 32.3 Å². The van der Waals surface area contributed by atoms with E-state index in [-0.39, 0.29) is 23.6 Å². The summed E-state index contributed by atoms with van der Waals surface area (Å²) >= 11 is 0. The summed E-state index contributed by atoms with van der Waals surface area (Å²) < 4.78 is 39.7. The first-order chi connectivity index (χ1) is 18.0. The van der Waals surface area contributed by atoms with E-state index in [1.165, 1.54) is 27.8 Å². The van der Waals surface area contributed by atoms with E-state index in [4.69, 9.17) is 0 Å². The second kappa shape index (κ2) is 9.91. The minimum atomic E-state index is -3.83. The van der Waals surface area contributed by atoms with E-state index in [1.54, 1.807) is 19.3 Å². The largest absolute Gasteiger partial charge is 0.315 e.